The number of thiazole rings is 1. The number of amides is 1. The molecule has 0 saturated carbocycles. The average Bonchev–Trinajstić information content (AvgIpc) is 3.06. The predicted molar refractivity (Wildman–Crippen MR) is 124 cm³/mol. The molecule has 1 aliphatic rings. The zero-order valence-corrected chi connectivity index (χ0v) is 19.5. The van der Waals surface area contributed by atoms with Crippen molar-refractivity contribution in [3.63, 3.8) is 0 Å². The Morgan fingerprint density at radius 2 is 2.03 bits per heavy atom. The Kier molecular flexibility index (Phi) is 7.42. The van der Waals surface area contributed by atoms with Gasteiger partial charge in [0.25, 0.3) is 0 Å². The third-order valence-corrected chi connectivity index (χ3v) is 7.89. The van der Waals surface area contributed by atoms with Crippen LogP contribution in [0.15, 0.2) is 41.3 Å². The highest BCUT2D eigenvalue weighted by atomic mass is 32.2. The molecule has 1 fully saturated rings. The second kappa shape index (κ2) is 9.86. The van der Waals surface area contributed by atoms with Gasteiger partial charge in [-0.25, -0.2) is 13.4 Å². The van der Waals surface area contributed by atoms with Crippen LogP contribution in [0.2, 0.25) is 0 Å². The average molecular weight is 462 g/mol. The molecule has 1 aromatic carbocycles. The van der Waals surface area contributed by atoms with Gasteiger partial charge in [-0.2, -0.15) is 4.31 Å². The standard InChI is InChI=1S/C22H27N3O4S2/c1-4-6-17(14-21-15(2)23-22(30-21)24-16(3)26)18-7-5-8-20(13-18)31(28,29)25-11-9-19(27)10-12-25/h4-8,13-14,19,27H,9-12H2,1-3H3,(H,23,24,26)/b6-4-,17-14+. The Morgan fingerprint density at radius 1 is 1.32 bits per heavy atom. The quantitative estimate of drug-likeness (QED) is 0.640. The number of carbonyl (C=O) groups is 1. The monoisotopic (exact) mass is 461 g/mol. The minimum absolute atomic E-state index is 0.180. The van der Waals surface area contributed by atoms with E-state index in [9.17, 15) is 18.3 Å². The van der Waals surface area contributed by atoms with Crippen molar-refractivity contribution in [3.8, 4) is 0 Å². The van der Waals surface area contributed by atoms with Crippen LogP contribution in [0.1, 0.15) is 42.8 Å². The van der Waals surface area contributed by atoms with Gasteiger partial charge < -0.3 is 10.4 Å². The van der Waals surface area contributed by atoms with E-state index in [-0.39, 0.29) is 10.8 Å². The lowest BCUT2D eigenvalue weighted by Crippen LogP contribution is -2.40. The van der Waals surface area contributed by atoms with Gasteiger partial charge in [0.05, 0.1) is 21.6 Å². The number of hydrogen-bond acceptors (Lipinski definition) is 6. The molecule has 1 aromatic heterocycles. The molecule has 3 rings (SSSR count). The van der Waals surface area contributed by atoms with Crippen LogP contribution in [0.4, 0.5) is 5.13 Å². The van der Waals surface area contributed by atoms with Crippen LogP contribution in [-0.2, 0) is 14.8 Å². The summed E-state index contributed by atoms with van der Waals surface area (Å²) >= 11 is 1.37. The zero-order valence-electron chi connectivity index (χ0n) is 17.8. The Morgan fingerprint density at radius 3 is 2.68 bits per heavy atom. The summed E-state index contributed by atoms with van der Waals surface area (Å²) in [5.74, 6) is -0.180. The fourth-order valence-electron chi connectivity index (χ4n) is 3.36. The van der Waals surface area contributed by atoms with E-state index in [0.29, 0.717) is 31.1 Å². The van der Waals surface area contributed by atoms with Gasteiger partial charge in [-0.1, -0.05) is 35.6 Å². The Balaban J connectivity index is 1.95. The molecule has 2 N–H and O–H groups in total. The topological polar surface area (TPSA) is 99.6 Å². The number of rotatable bonds is 6. The van der Waals surface area contributed by atoms with Gasteiger partial charge in [0.15, 0.2) is 5.13 Å². The Hall–Kier alpha value is -2.33. The minimum Gasteiger partial charge on any atom is -0.393 e. The van der Waals surface area contributed by atoms with E-state index < -0.39 is 16.1 Å². The van der Waals surface area contributed by atoms with Gasteiger partial charge >= 0.3 is 0 Å². The highest BCUT2D eigenvalue weighted by molar-refractivity contribution is 7.89. The fraction of sp³-hybridized carbons (Fsp3) is 0.364. The van der Waals surface area contributed by atoms with E-state index >= 15 is 0 Å². The molecule has 0 radical (unpaired) electrons. The predicted octanol–water partition coefficient (Wildman–Crippen LogP) is 3.67. The van der Waals surface area contributed by atoms with Crippen molar-refractivity contribution in [2.75, 3.05) is 18.4 Å². The number of allylic oxidation sites excluding steroid dienone is 3. The number of sulfonamides is 1. The number of piperidine rings is 1. The van der Waals surface area contributed by atoms with Crippen LogP contribution in [-0.4, -0.2) is 47.9 Å². The van der Waals surface area contributed by atoms with E-state index in [0.717, 1.165) is 21.7 Å². The fourth-order valence-corrected chi connectivity index (χ4v) is 5.84. The van der Waals surface area contributed by atoms with Gasteiger partial charge in [0.2, 0.25) is 15.9 Å². The molecule has 0 aliphatic carbocycles. The third-order valence-electron chi connectivity index (χ3n) is 4.98. The maximum absolute atomic E-state index is 13.1. The lowest BCUT2D eigenvalue weighted by Gasteiger charge is -2.28. The van der Waals surface area contributed by atoms with Crippen molar-refractivity contribution >= 4 is 44.0 Å². The molecule has 0 unspecified atom stereocenters. The van der Waals surface area contributed by atoms with E-state index in [4.69, 9.17) is 0 Å². The SMILES string of the molecule is C/C=C\C(=C/c1sc(NC(C)=O)nc1C)c1cccc(S(=O)(=O)N2CCC(O)CC2)c1. The summed E-state index contributed by atoms with van der Waals surface area (Å²) in [7, 11) is -3.63. The van der Waals surface area contributed by atoms with Crippen molar-refractivity contribution < 1.29 is 18.3 Å². The van der Waals surface area contributed by atoms with Crippen LogP contribution in [0.25, 0.3) is 11.6 Å². The van der Waals surface area contributed by atoms with Crippen LogP contribution in [0.5, 0.6) is 0 Å². The van der Waals surface area contributed by atoms with Crippen molar-refractivity contribution in [1.29, 1.82) is 0 Å². The number of aryl methyl sites for hydroxylation is 1. The number of anilines is 1. The van der Waals surface area contributed by atoms with Crippen molar-refractivity contribution in [2.45, 2.75) is 44.6 Å². The first-order valence-electron chi connectivity index (χ1n) is 10.1. The lowest BCUT2D eigenvalue weighted by atomic mass is 10.0. The molecular formula is C22H27N3O4S2. The van der Waals surface area contributed by atoms with Crippen molar-refractivity contribution in [2.24, 2.45) is 0 Å². The molecule has 2 heterocycles. The number of aromatic nitrogens is 1. The largest absolute Gasteiger partial charge is 0.393 e. The molecule has 0 bridgehead atoms. The van der Waals surface area contributed by atoms with Gasteiger partial charge in [-0.15, -0.1) is 0 Å². The van der Waals surface area contributed by atoms with Crippen LogP contribution in [0, 0.1) is 6.92 Å². The van der Waals surface area contributed by atoms with Gasteiger partial charge in [0.1, 0.15) is 0 Å². The van der Waals surface area contributed by atoms with E-state index in [2.05, 4.69) is 10.3 Å². The summed E-state index contributed by atoms with van der Waals surface area (Å²) in [6.45, 7) is 5.84. The Bertz CT molecular complexity index is 1110. The number of hydrogen-bond donors (Lipinski definition) is 2. The molecule has 1 aliphatic heterocycles. The number of carbonyl (C=O) groups excluding carboxylic acids is 1. The molecule has 9 heteroatoms. The molecule has 2 aromatic rings. The second-order valence-electron chi connectivity index (χ2n) is 7.41. The smallest absolute Gasteiger partial charge is 0.243 e. The molecule has 166 valence electrons. The molecule has 7 nitrogen and oxygen atoms in total. The second-order valence-corrected chi connectivity index (χ2v) is 10.4. The normalized spacial score (nSPS) is 16.7. The zero-order chi connectivity index (χ0) is 22.6. The van der Waals surface area contributed by atoms with E-state index in [1.54, 1.807) is 18.2 Å². The maximum Gasteiger partial charge on any atom is 0.243 e. The molecular weight excluding hydrogens is 434 g/mol. The van der Waals surface area contributed by atoms with Crippen LogP contribution < -0.4 is 5.32 Å². The number of nitrogens with one attached hydrogen (secondary N) is 1. The summed E-state index contributed by atoms with van der Waals surface area (Å²) in [5.41, 5.74) is 2.39. The first-order chi connectivity index (χ1) is 14.7. The molecule has 31 heavy (non-hydrogen) atoms. The van der Waals surface area contributed by atoms with E-state index in [1.165, 1.54) is 22.6 Å². The summed E-state index contributed by atoms with van der Waals surface area (Å²) in [5, 5.41) is 12.9. The van der Waals surface area contributed by atoms with Crippen molar-refractivity contribution in [3.05, 3.63) is 52.6 Å². The van der Waals surface area contributed by atoms with Gasteiger partial charge in [0, 0.05) is 20.0 Å². The van der Waals surface area contributed by atoms with E-state index in [1.807, 2.05) is 38.1 Å². The summed E-state index contributed by atoms with van der Waals surface area (Å²) < 4.78 is 27.6. The molecule has 1 saturated heterocycles. The molecule has 0 atom stereocenters. The van der Waals surface area contributed by atoms with Gasteiger partial charge in [-0.3, -0.25) is 4.79 Å². The first kappa shape index (κ1) is 23.3. The highest BCUT2D eigenvalue weighted by Crippen LogP contribution is 2.30. The highest BCUT2D eigenvalue weighted by Gasteiger charge is 2.28. The third kappa shape index (κ3) is 5.68. The molecule has 0 spiro atoms. The summed E-state index contributed by atoms with van der Waals surface area (Å²) in [6, 6.07) is 6.89. The van der Waals surface area contributed by atoms with Crippen LogP contribution >= 0.6 is 11.3 Å². The number of aliphatic hydroxyl groups excluding tert-OH is 1. The number of benzene rings is 1. The first-order valence-corrected chi connectivity index (χ1v) is 12.3. The van der Waals surface area contributed by atoms with Crippen molar-refractivity contribution in [1.82, 2.24) is 9.29 Å². The number of aliphatic hydroxyl groups is 1. The number of nitrogens with zero attached hydrogens (tertiary/aromatic N) is 2. The summed E-state index contributed by atoms with van der Waals surface area (Å²) in [6.07, 6.45) is 6.21. The van der Waals surface area contributed by atoms with Gasteiger partial charge in [-0.05, 0) is 56.0 Å². The molecule has 1 amide bonds. The van der Waals surface area contributed by atoms with Crippen LogP contribution in [0.3, 0.4) is 0 Å². The Labute approximate surface area is 187 Å². The maximum atomic E-state index is 13.1. The minimum atomic E-state index is -3.63. The lowest BCUT2D eigenvalue weighted by molar-refractivity contribution is -0.114. The summed E-state index contributed by atoms with van der Waals surface area (Å²) in [4.78, 5) is 16.8.